The van der Waals surface area contributed by atoms with Crippen LogP contribution in [0.15, 0.2) is 48.5 Å². The molecule has 148 valence electrons. The van der Waals surface area contributed by atoms with Gasteiger partial charge < -0.3 is 10.6 Å². The van der Waals surface area contributed by atoms with Gasteiger partial charge in [-0.3, -0.25) is 4.90 Å². The summed E-state index contributed by atoms with van der Waals surface area (Å²) in [5.74, 6) is 0. The summed E-state index contributed by atoms with van der Waals surface area (Å²) in [5, 5.41) is 7.69. The number of benzene rings is 2. The van der Waals surface area contributed by atoms with Gasteiger partial charge >= 0.3 is 0 Å². The maximum absolute atomic E-state index is 5.59. The lowest BCUT2D eigenvalue weighted by Gasteiger charge is -2.49. The molecule has 0 aromatic heterocycles. The maximum Gasteiger partial charge on any atom is 0.170 e. The normalized spacial score (nSPS) is 24.6. The molecular formula is C24H31N3S. The Labute approximate surface area is 174 Å². The van der Waals surface area contributed by atoms with Crippen molar-refractivity contribution < 1.29 is 0 Å². The molecule has 2 bridgehead atoms. The summed E-state index contributed by atoms with van der Waals surface area (Å²) >= 11 is 5.59. The van der Waals surface area contributed by atoms with Gasteiger partial charge in [-0.15, -0.1) is 0 Å². The van der Waals surface area contributed by atoms with Gasteiger partial charge in [-0.25, -0.2) is 0 Å². The zero-order valence-corrected chi connectivity index (χ0v) is 17.8. The van der Waals surface area contributed by atoms with Crippen LogP contribution in [-0.2, 0) is 6.54 Å². The van der Waals surface area contributed by atoms with Crippen molar-refractivity contribution in [3.05, 3.63) is 65.2 Å². The van der Waals surface area contributed by atoms with E-state index < -0.39 is 0 Å². The molecule has 4 heteroatoms. The van der Waals surface area contributed by atoms with Crippen LogP contribution < -0.4 is 10.6 Å². The molecule has 2 N–H and O–H groups in total. The fraction of sp³-hybridized carbons (Fsp3) is 0.458. The lowest BCUT2D eigenvalue weighted by atomic mass is 9.81. The van der Waals surface area contributed by atoms with E-state index in [1.807, 2.05) is 0 Å². The number of hydrogen-bond donors (Lipinski definition) is 2. The van der Waals surface area contributed by atoms with Gasteiger partial charge in [-0.1, -0.05) is 53.9 Å². The minimum absolute atomic E-state index is 0.468. The Morgan fingerprint density at radius 3 is 2.11 bits per heavy atom. The van der Waals surface area contributed by atoms with Gasteiger partial charge in [0.15, 0.2) is 5.11 Å². The second-order valence-corrected chi connectivity index (χ2v) is 8.94. The number of fused-ring (bicyclic) bond motifs is 2. The molecule has 2 aliphatic rings. The molecule has 0 saturated carbocycles. The van der Waals surface area contributed by atoms with Crippen LogP contribution >= 0.6 is 12.2 Å². The van der Waals surface area contributed by atoms with Crippen molar-refractivity contribution in [1.29, 1.82) is 0 Å². The Balaban J connectivity index is 1.35. The molecule has 2 aliphatic heterocycles. The molecule has 4 rings (SSSR count). The first kappa shape index (κ1) is 19.4. The molecule has 0 spiro atoms. The second kappa shape index (κ2) is 8.62. The first-order valence-corrected chi connectivity index (χ1v) is 10.9. The first-order chi connectivity index (χ1) is 13.6. The smallest absolute Gasteiger partial charge is 0.170 e. The summed E-state index contributed by atoms with van der Waals surface area (Å²) in [6.45, 7) is 5.33. The van der Waals surface area contributed by atoms with E-state index in [1.54, 1.807) is 0 Å². The Kier molecular flexibility index (Phi) is 5.98. The van der Waals surface area contributed by atoms with E-state index >= 15 is 0 Å². The van der Waals surface area contributed by atoms with Crippen molar-refractivity contribution in [3.8, 4) is 0 Å². The zero-order chi connectivity index (χ0) is 19.5. The number of aryl methyl sites for hydroxylation is 2. The molecule has 0 aliphatic carbocycles. The van der Waals surface area contributed by atoms with E-state index in [0.717, 1.165) is 17.3 Å². The van der Waals surface area contributed by atoms with Crippen molar-refractivity contribution >= 4 is 23.0 Å². The molecular weight excluding hydrogens is 362 g/mol. The van der Waals surface area contributed by atoms with E-state index in [9.17, 15) is 0 Å². The summed E-state index contributed by atoms with van der Waals surface area (Å²) in [4.78, 5) is 2.75. The summed E-state index contributed by atoms with van der Waals surface area (Å²) in [6.07, 6.45) is 6.33. The fourth-order valence-corrected chi connectivity index (χ4v) is 5.03. The van der Waals surface area contributed by atoms with Crippen LogP contribution in [0.4, 0.5) is 5.69 Å². The van der Waals surface area contributed by atoms with Gasteiger partial charge in [0.1, 0.15) is 0 Å². The number of nitrogens with one attached hydrogen (secondary N) is 2. The van der Waals surface area contributed by atoms with Gasteiger partial charge in [0.05, 0.1) is 0 Å². The van der Waals surface area contributed by atoms with Crippen molar-refractivity contribution in [1.82, 2.24) is 10.2 Å². The molecule has 3 atom stereocenters. The van der Waals surface area contributed by atoms with Crippen LogP contribution in [0.1, 0.15) is 48.8 Å². The molecule has 2 saturated heterocycles. The minimum atomic E-state index is 0.468. The van der Waals surface area contributed by atoms with Gasteiger partial charge in [-0.05, 0) is 69.4 Å². The molecule has 28 heavy (non-hydrogen) atoms. The topological polar surface area (TPSA) is 27.3 Å². The van der Waals surface area contributed by atoms with Crippen LogP contribution in [0.5, 0.6) is 0 Å². The maximum atomic E-state index is 5.59. The van der Waals surface area contributed by atoms with Crippen LogP contribution in [0, 0.1) is 13.8 Å². The molecule has 2 heterocycles. The van der Waals surface area contributed by atoms with Gasteiger partial charge in [0, 0.05) is 30.4 Å². The molecule has 0 radical (unpaired) electrons. The monoisotopic (exact) mass is 393 g/mol. The molecule has 0 amide bonds. The van der Waals surface area contributed by atoms with Crippen molar-refractivity contribution in [2.24, 2.45) is 0 Å². The van der Waals surface area contributed by atoms with Gasteiger partial charge in [0.25, 0.3) is 0 Å². The Bertz CT molecular complexity index is 786. The number of rotatable bonds is 4. The van der Waals surface area contributed by atoms with E-state index in [0.29, 0.717) is 18.1 Å². The predicted octanol–water partition coefficient (Wildman–Crippen LogP) is 5.18. The lowest BCUT2D eigenvalue weighted by molar-refractivity contribution is 0.0212. The van der Waals surface area contributed by atoms with Crippen LogP contribution in [0.2, 0.25) is 0 Å². The molecule has 1 unspecified atom stereocenters. The zero-order valence-electron chi connectivity index (χ0n) is 16.9. The summed E-state index contributed by atoms with van der Waals surface area (Å²) in [5.41, 5.74) is 5.09. The van der Waals surface area contributed by atoms with Crippen molar-refractivity contribution in [2.45, 2.75) is 70.6 Å². The van der Waals surface area contributed by atoms with E-state index in [1.165, 1.54) is 48.8 Å². The van der Waals surface area contributed by atoms with Crippen LogP contribution in [0.25, 0.3) is 0 Å². The highest BCUT2D eigenvalue weighted by atomic mass is 32.1. The molecule has 2 aromatic rings. The largest absolute Gasteiger partial charge is 0.360 e. The summed E-state index contributed by atoms with van der Waals surface area (Å²) in [7, 11) is 0. The average molecular weight is 394 g/mol. The van der Waals surface area contributed by atoms with Crippen LogP contribution in [-0.4, -0.2) is 28.1 Å². The third-order valence-electron chi connectivity index (χ3n) is 6.26. The Hall–Kier alpha value is -1.91. The highest BCUT2D eigenvalue weighted by Crippen LogP contribution is 2.35. The van der Waals surface area contributed by atoms with Crippen molar-refractivity contribution in [2.75, 3.05) is 5.32 Å². The summed E-state index contributed by atoms with van der Waals surface area (Å²) in [6, 6.07) is 19.2. The number of thiocarbonyl (C=S) groups is 1. The van der Waals surface area contributed by atoms with E-state index in [4.69, 9.17) is 12.2 Å². The SMILES string of the molecule is Cc1ccc(CN2[C@@H]3CCC[C@H]2CC(NC(=S)Nc2ccc(C)cc2)C3)cc1. The Morgan fingerprint density at radius 2 is 1.50 bits per heavy atom. The van der Waals surface area contributed by atoms with E-state index in [2.05, 4.69) is 77.9 Å². The Morgan fingerprint density at radius 1 is 0.929 bits per heavy atom. The minimum Gasteiger partial charge on any atom is -0.360 e. The van der Waals surface area contributed by atoms with Crippen LogP contribution in [0.3, 0.4) is 0 Å². The van der Waals surface area contributed by atoms with Gasteiger partial charge in [0.2, 0.25) is 0 Å². The quantitative estimate of drug-likeness (QED) is 0.700. The lowest BCUT2D eigenvalue weighted by Crippen LogP contribution is -2.56. The number of piperidine rings is 2. The number of hydrogen-bond acceptors (Lipinski definition) is 2. The van der Waals surface area contributed by atoms with Crippen molar-refractivity contribution in [3.63, 3.8) is 0 Å². The molecule has 2 aromatic carbocycles. The number of anilines is 1. The second-order valence-electron chi connectivity index (χ2n) is 8.53. The van der Waals surface area contributed by atoms with E-state index in [-0.39, 0.29) is 0 Å². The third-order valence-corrected chi connectivity index (χ3v) is 6.48. The highest BCUT2D eigenvalue weighted by Gasteiger charge is 2.38. The fourth-order valence-electron chi connectivity index (χ4n) is 4.75. The first-order valence-electron chi connectivity index (χ1n) is 10.5. The third kappa shape index (κ3) is 4.73. The standard InChI is InChI=1S/C24H31N3S/c1-17-6-10-19(11-7-17)16-27-22-4-3-5-23(27)15-21(14-22)26-24(28)25-20-12-8-18(2)9-13-20/h6-13,21-23H,3-5,14-16H2,1-2H3,(H2,25,26,28)/t21?,22-,23+. The molecule has 2 fully saturated rings. The predicted molar refractivity (Wildman–Crippen MR) is 122 cm³/mol. The highest BCUT2D eigenvalue weighted by molar-refractivity contribution is 7.80. The number of nitrogens with zero attached hydrogens (tertiary/aromatic N) is 1. The van der Waals surface area contributed by atoms with Gasteiger partial charge in [-0.2, -0.15) is 0 Å². The molecule has 3 nitrogen and oxygen atoms in total. The summed E-state index contributed by atoms with van der Waals surface area (Å²) < 4.78 is 0. The average Bonchev–Trinajstić information content (AvgIpc) is 2.66.